The Hall–Kier alpha value is -0.740. The van der Waals surface area contributed by atoms with E-state index in [0.29, 0.717) is 0 Å². The van der Waals surface area contributed by atoms with E-state index in [1.54, 1.807) is 0 Å². The summed E-state index contributed by atoms with van der Waals surface area (Å²) in [7, 11) is 0. The highest BCUT2D eigenvalue weighted by Crippen LogP contribution is 2.22. The van der Waals surface area contributed by atoms with Crippen molar-refractivity contribution in [3.05, 3.63) is 62.7 Å². The molecule has 0 amide bonds. The lowest BCUT2D eigenvalue weighted by atomic mass is 10.1. The molecule has 0 aliphatic heterocycles. The fourth-order valence-corrected chi connectivity index (χ4v) is 2.43. The summed E-state index contributed by atoms with van der Waals surface area (Å²) in [5.41, 5.74) is 2.32. The van der Waals surface area contributed by atoms with Gasteiger partial charge >= 0.3 is 0 Å². The minimum atomic E-state index is 0.242. The van der Waals surface area contributed by atoms with Crippen LogP contribution in [0, 0.1) is 3.57 Å². The predicted molar refractivity (Wildman–Crippen MR) is 82.6 cm³/mol. The first-order valence-electron chi connectivity index (χ1n) is 5.43. The van der Waals surface area contributed by atoms with Gasteiger partial charge in [-0.3, -0.25) is 0 Å². The third-order valence-electron chi connectivity index (χ3n) is 2.56. The Bertz CT molecular complexity index is 513. The van der Waals surface area contributed by atoms with Crippen LogP contribution >= 0.6 is 34.2 Å². The van der Waals surface area contributed by atoms with Gasteiger partial charge in [-0.1, -0.05) is 29.8 Å². The molecule has 2 rings (SSSR count). The van der Waals surface area contributed by atoms with Gasteiger partial charge in [-0.25, -0.2) is 0 Å². The van der Waals surface area contributed by atoms with Crippen molar-refractivity contribution in [2.75, 3.05) is 5.32 Å². The topological polar surface area (TPSA) is 12.0 Å². The summed E-state index contributed by atoms with van der Waals surface area (Å²) in [6, 6.07) is 16.5. The molecular weight excluding hydrogens is 345 g/mol. The Morgan fingerprint density at radius 3 is 2.59 bits per heavy atom. The van der Waals surface area contributed by atoms with Crippen molar-refractivity contribution in [2.45, 2.75) is 13.0 Å². The van der Waals surface area contributed by atoms with E-state index < -0.39 is 0 Å². The van der Waals surface area contributed by atoms with Crippen LogP contribution in [0.15, 0.2) is 48.5 Å². The highest BCUT2D eigenvalue weighted by atomic mass is 127. The van der Waals surface area contributed by atoms with Crippen molar-refractivity contribution in [1.29, 1.82) is 0 Å². The molecule has 17 heavy (non-hydrogen) atoms. The minimum absolute atomic E-state index is 0.242. The summed E-state index contributed by atoms with van der Waals surface area (Å²) in [4.78, 5) is 0. The van der Waals surface area contributed by atoms with Gasteiger partial charge in [0.15, 0.2) is 0 Å². The van der Waals surface area contributed by atoms with E-state index in [1.165, 1.54) is 9.13 Å². The molecule has 0 aliphatic carbocycles. The van der Waals surface area contributed by atoms with Gasteiger partial charge in [0.25, 0.3) is 0 Å². The molecule has 2 aromatic carbocycles. The highest BCUT2D eigenvalue weighted by molar-refractivity contribution is 14.1. The van der Waals surface area contributed by atoms with Crippen molar-refractivity contribution in [1.82, 2.24) is 0 Å². The number of halogens is 2. The van der Waals surface area contributed by atoms with Gasteiger partial charge in [-0.2, -0.15) is 0 Å². The van der Waals surface area contributed by atoms with E-state index in [9.17, 15) is 0 Å². The molecule has 2 aromatic rings. The van der Waals surface area contributed by atoms with Crippen LogP contribution in [0.1, 0.15) is 18.5 Å². The van der Waals surface area contributed by atoms with Crippen LogP contribution in [0.25, 0.3) is 0 Å². The Morgan fingerprint density at radius 1 is 1.12 bits per heavy atom. The summed E-state index contributed by atoms with van der Waals surface area (Å²) in [5, 5.41) is 4.24. The molecule has 0 fully saturated rings. The maximum atomic E-state index is 5.99. The maximum Gasteiger partial charge on any atom is 0.0486 e. The molecule has 1 unspecified atom stereocenters. The summed E-state index contributed by atoms with van der Waals surface area (Å²) >= 11 is 8.30. The van der Waals surface area contributed by atoms with Crippen LogP contribution in [0.2, 0.25) is 5.02 Å². The molecule has 1 N–H and O–H groups in total. The molecule has 0 saturated carbocycles. The van der Waals surface area contributed by atoms with Crippen molar-refractivity contribution < 1.29 is 0 Å². The molecule has 0 radical (unpaired) electrons. The summed E-state index contributed by atoms with van der Waals surface area (Å²) in [5.74, 6) is 0. The van der Waals surface area contributed by atoms with E-state index in [-0.39, 0.29) is 6.04 Å². The van der Waals surface area contributed by atoms with Crippen molar-refractivity contribution in [3.8, 4) is 0 Å². The summed E-state index contributed by atoms with van der Waals surface area (Å²) in [6.07, 6.45) is 0. The number of nitrogens with one attached hydrogen (secondary N) is 1. The average Bonchev–Trinajstić information content (AvgIpc) is 2.29. The maximum absolute atomic E-state index is 5.99. The first kappa shape index (κ1) is 12.7. The highest BCUT2D eigenvalue weighted by Gasteiger charge is 2.05. The SMILES string of the molecule is CC(Nc1cccc(I)c1)c1cccc(Cl)c1. The van der Waals surface area contributed by atoms with E-state index in [1.807, 2.05) is 18.2 Å². The zero-order chi connectivity index (χ0) is 12.3. The Morgan fingerprint density at radius 2 is 1.88 bits per heavy atom. The molecule has 0 bridgehead atoms. The van der Waals surface area contributed by atoms with E-state index in [0.717, 1.165) is 10.7 Å². The van der Waals surface area contributed by atoms with E-state index >= 15 is 0 Å². The van der Waals surface area contributed by atoms with Crippen molar-refractivity contribution in [2.24, 2.45) is 0 Å². The first-order valence-corrected chi connectivity index (χ1v) is 6.88. The Balaban J connectivity index is 2.14. The van der Waals surface area contributed by atoms with Crippen LogP contribution in [-0.2, 0) is 0 Å². The van der Waals surface area contributed by atoms with Gasteiger partial charge in [0, 0.05) is 20.3 Å². The Kier molecular flexibility index (Phi) is 4.29. The van der Waals surface area contributed by atoms with Crippen LogP contribution in [0.3, 0.4) is 0 Å². The lowest BCUT2D eigenvalue weighted by Gasteiger charge is -2.16. The van der Waals surface area contributed by atoms with Gasteiger partial charge in [0.2, 0.25) is 0 Å². The van der Waals surface area contributed by atoms with Gasteiger partial charge in [0.05, 0.1) is 0 Å². The Labute approximate surface area is 120 Å². The molecule has 0 spiro atoms. The van der Waals surface area contributed by atoms with Gasteiger partial charge in [-0.05, 0) is 65.4 Å². The number of anilines is 1. The zero-order valence-corrected chi connectivity index (χ0v) is 12.4. The van der Waals surface area contributed by atoms with Gasteiger partial charge in [0.1, 0.15) is 0 Å². The number of rotatable bonds is 3. The van der Waals surface area contributed by atoms with E-state index in [2.05, 4.69) is 65.2 Å². The monoisotopic (exact) mass is 357 g/mol. The number of benzene rings is 2. The molecule has 1 nitrogen and oxygen atoms in total. The summed E-state index contributed by atoms with van der Waals surface area (Å²) < 4.78 is 1.23. The number of hydrogen-bond donors (Lipinski definition) is 1. The van der Waals surface area contributed by atoms with Crippen molar-refractivity contribution in [3.63, 3.8) is 0 Å². The second-order valence-corrected chi connectivity index (χ2v) is 5.61. The molecular formula is C14H13ClIN. The van der Waals surface area contributed by atoms with Crippen LogP contribution in [-0.4, -0.2) is 0 Å². The van der Waals surface area contributed by atoms with Gasteiger partial charge in [-0.15, -0.1) is 0 Å². The predicted octanol–water partition coefficient (Wildman–Crippen LogP) is 5.12. The van der Waals surface area contributed by atoms with Crippen LogP contribution < -0.4 is 5.32 Å². The van der Waals surface area contributed by atoms with Crippen LogP contribution in [0.4, 0.5) is 5.69 Å². The zero-order valence-electron chi connectivity index (χ0n) is 9.45. The average molecular weight is 358 g/mol. The third-order valence-corrected chi connectivity index (χ3v) is 3.46. The molecule has 0 heterocycles. The van der Waals surface area contributed by atoms with Gasteiger partial charge < -0.3 is 5.32 Å². The van der Waals surface area contributed by atoms with Crippen molar-refractivity contribution >= 4 is 39.9 Å². The third kappa shape index (κ3) is 3.61. The smallest absolute Gasteiger partial charge is 0.0486 e. The normalized spacial score (nSPS) is 12.2. The lowest BCUT2D eigenvalue weighted by Crippen LogP contribution is -2.06. The molecule has 3 heteroatoms. The minimum Gasteiger partial charge on any atom is -0.378 e. The second-order valence-electron chi connectivity index (χ2n) is 3.93. The fraction of sp³-hybridized carbons (Fsp3) is 0.143. The van der Waals surface area contributed by atoms with Crippen LogP contribution in [0.5, 0.6) is 0 Å². The fourth-order valence-electron chi connectivity index (χ4n) is 1.69. The quantitative estimate of drug-likeness (QED) is 0.752. The molecule has 1 atom stereocenters. The second kappa shape index (κ2) is 5.74. The molecule has 0 aromatic heterocycles. The molecule has 88 valence electrons. The number of hydrogen-bond acceptors (Lipinski definition) is 1. The standard InChI is InChI=1S/C14H13ClIN/c1-10(11-4-2-5-12(15)8-11)17-14-7-3-6-13(16)9-14/h2-10,17H,1H3. The molecule has 0 saturated heterocycles. The lowest BCUT2D eigenvalue weighted by molar-refractivity contribution is 0.885. The first-order chi connectivity index (χ1) is 8.15. The largest absolute Gasteiger partial charge is 0.378 e. The van der Waals surface area contributed by atoms with E-state index in [4.69, 9.17) is 11.6 Å². The molecule has 0 aliphatic rings. The summed E-state index contributed by atoms with van der Waals surface area (Å²) in [6.45, 7) is 2.13.